The van der Waals surface area contributed by atoms with Crippen molar-refractivity contribution in [2.24, 2.45) is 17.6 Å². The van der Waals surface area contributed by atoms with Gasteiger partial charge in [0.2, 0.25) is 17.7 Å². The Morgan fingerprint density at radius 1 is 1.02 bits per heavy atom. The summed E-state index contributed by atoms with van der Waals surface area (Å²) in [5.74, 6) is 1.03. The first-order valence-corrected chi connectivity index (χ1v) is 18.3. The summed E-state index contributed by atoms with van der Waals surface area (Å²) in [4.78, 5) is 51.2. The van der Waals surface area contributed by atoms with Crippen LogP contribution in [0.3, 0.4) is 0 Å². The third-order valence-electron chi connectivity index (χ3n) is 9.18. The van der Waals surface area contributed by atoms with Gasteiger partial charge in [0.25, 0.3) is 0 Å². The second-order valence-electron chi connectivity index (χ2n) is 12.9. The topological polar surface area (TPSA) is 147 Å². The number of allylic oxidation sites excluding steroid dienone is 2. The van der Waals surface area contributed by atoms with Crippen LogP contribution in [-0.4, -0.2) is 60.9 Å². The maximum absolute atomic E-state index is 12.1. The van der Waals surface area contributed by atoms with Crippen LogP contribution >= 0.6 is 12.6 Å². The minimum atomic E-state index is -0.229. The fourth-order valence-electron chi connectivity index (χ4n) is 6.15. The molecule has 0 bridgehead atoms. The summed E-state index contributed by atoms with van der Waals surface area (Å²) >= 11 is 4.41. The van der Waals surface area contributed by atoms with Crippen molar-refractivity contribution >= 4 is 46.9 Å². The van der Waals surface area contributed by atoms with Gasteiger partial charge in [-0.3, -0.25) is 19.2 Å². The Balaban J connectivity index is 0.000000181. The Morgan fingerprint density at radius 3 is 2.44 bits per heavy atom. The largest absolute Gasteiger partial charge is 0.497 e. The van der Waals surface area contributed by atoms with E-state index in [1.54, 1.807) is 37.3 Å². The minimum Gasteiger partial charge on any atom is -0.497 e. The number of nitrogens with one attached hydrogen (secondary N) is 3. The van der Waals surface area contributed by atoms with Crippen molar-refractivity contribution < 1.29 is 19.1 Å². The van der Waals surface area contributed by atoms with Crippen molar-refractivity contribution in [3.8, 4) is 17.0 Å². The van der Waals surface area contributed by atoms with Gasteiger partial charge in [0, 0.05) is 66.8 Å². The van der Waals surface area contributed by atoms with Crippen LogP contribution in [0.5, 0.6) is 5.75 Å². The van der Waals surface area contributed by atoms with Crippen molar-refractivity contribution in [1.29, 1.82) is 0 Å². The number of unbranched alkanes of at least 4 members (excludes halogenated alkanes) is 3. The lowest BCUT2D eigenvalue weighted by molar-refractivity contribution is -0.136. The van der Waals surface area contributed by atoms with Gasteiger partial charge >= 0.3 is 0 Å². The number of amides is 3. The van der Waals surface area contributed by atoms with Gasteiger partial charge in [-0.05, 0) is 74.3 Å². The number of fused-ring (bicyclic) bond motifs is 1. The monoisotopic (exact) mass is 725 g/mol. The van der Waals surface area contributed by atoms with Crippen molar-refractivity contribution in [1.82, 2.24) is 15.2 Å². The van der Waals surface area contributed by atoms with Crippen molar-refractivity contribution in [3.05, 3.63) is 101 Å². The molecule has 3 unspecified atom stereocenters. The highest BCUT2D eigenvalue weighted by molar-refractivity contribution is 7.80. The Hall–Kier alpha value is -5.03. The van der Waals surface area contributed by atoms with E-state index in [-0.39, 0.29) is 35.1 Å². The summed E-state index contributed by atoms with van der Waals surface area (Å²) < 4.78 is 5.19. The van der Waals surface area contributed by atoms with Gasteiger partial charge in [0.15, 0.2) is 5.43 Å². The molecular weight excluding hydrogens is 675 g/mol. The standard InChI is InChI=1S/C17H24N2OS.C16H13NO2.C8H14N2O2/c18-17(20)14-12-13(14)8-4-2-1-3-7-11-19-15-9-5-6-10-16(15)21;1-19-12-7-8-13-15(9-12)17-14(10-16(13)18)11-5-3-2-4-6-11;1-6(11)10-5-3-4-7(10)8(12)9-2/h4-6,8-10,13-14,19,21H,1-3,7,11-12H2,(H2,18,20);2-10H,1H3,(H,17,18);7H,3-5H2,1-2H3,(H,9,12)/b8-4+;;. The first-order valence-electron chi connectivity index (χ1n) is 17.9. The van der Waals surface area contributed by atoms with E-state index in [1.807, 2.05) is 54.6 Å². The number of carbonyl (C=O) groups is 3. The van der Waals surface area contributed by atoms with Crippen molar-refractivity contribution in [2.75, 3.05) is 32.6 Å². The van der Waals surface area contributed by atoms with Gasteiger partial charge in [0.05, 0.1) is 12.6 Å². The Labute approximate surface area is 311 Å². The van der Waals surface area contributed by atoms with Crippen molar-refractivity contribution in [3.63, 3.8) is 0 Å². The number of hydrogen-bond donors (Lipinski definition) is 5. The summed E-state index contributed by atoms with van der Waals surface area (Å²) in [5, 5.41) is 6.63. The smallest absolute Gasteiger partial charge is 0.242 e. The number of nitrogens with two attached hydrogens (primary N) is 1. The minimum absolute atomic E-state index is 0.00950. The summed E-state index contributed by atoms with van der Waals surface area (Å²) in [6, 6.07) is 24.6. The third kappa shape index (κ3) is 11.8. The molecule has 1 saturated heterocycles. The molecule has 6 rings (SSSR count). The van der Waals surface area contributed by atoms with Gasteiger partial charge in [-0.25, -0.2) is 0 Å². The Kier molecular flexibility index (Phi) is 15.4. The molecule has 276 valence electrons. The van der Waals surface area contributed by atoms with Gasteiger partial charge in [-0.15, -0.1) is 12.6 Å². The van der Waals surface area contributed by atoms with Crippen LogP contribution < -0.4 is 26.5 Å². The van der Waals surface area contributed by atoms with E-state index in [9.17, 15) is 19.2 Å². The maximum Gasteiger partial charge on any atom is 0.242 e. The second-order valence-corrected chi connectivity index (χ2v) is 13.4. The molecular formula is C41H51N5O5S. The number of para-hydroxylation sites is 1. The number of aromatic nitrogens is 1. The molecule has 1 saturated carbocycles. The van der Waals surface area contributed by atoms with Crippen LogP contribution in [0.25, 0.3) is 22.2 Å². The maximum atomic E-state index is 12.1. The van der Waals surface area contributed by atoms with E-state index >= 15 is 0 Å². The highest BCUT2D eigenvalue weighted by Gasteiger charge is 2.39. The van der Waals surface area contributed by atoms with Gasteiger partial charge in [-0.1, -0.05) is 61.0 Å². The van der Waals surface area contributed by atoms with Gasteiger partial charge in [-0.2, -0.15) is 0 Å². The SMILES string of the molecule is CNC(=O)C1CCCN1C(C)=O.COc1ccc2c(=O)cc(-c3ccccc3)[nH]c2c1.NC(=O)C1CC1/C=C/CCCCCNc1ccccc1S. The second kappa shape index (κ2) is 20.1. The molecule has 10 nitrogen and oxygen atoms in total. The molecule has 11 heteroatoms. The summed E-state index contributed by atoms with van der Waals surface area (Å²) in [6.07, 6.45) is 11.7. The molecule has 3 aromatic carbocycles. The lowest BCUT2D eigenvalue weighted by Gasteiger charge is -2.21. The van der Waals surface area contributed by atoms with Gasteiger partial charge < -0.3 is 31.0 Å². The number of anilines is 1. The molecule has 0 radical (unpaired) electrons. The number of ether oxygens (including phenoxy) is 1. The summed E-state index contributed by atoms with van der Waals surface area (Å²) in [5.41, 5.74) is 8.94. The average Bonchev–Trinajstić information content (AvgIpc) is 3.77. The zero-order valence-electron chi connectivity index (χ0n) is 30.3. The fourth-order valence-corrected chi connectivity index (χ4v) is 6.39. The van der Waals surface area contributed by atoms with Crippen LogP contribution in [0.1, 0.15) is 51.9 Å². The fraction of sp³-hybridized carbons (Fsp3) is 0.366. The predicted octanol–water partition coefficient (Wildman–Crippen LogP) is 6.57. The number of H-pyrrole nitrogens is 1. The molecule has 1 aromatic heterocycles. The third-order valence-corrected chi connectivity index (χ3v) is 9.57. The molecule has 4 aromatic rings. The normalized spacial score (nSPS) is 17.4. The van der Waals surface area contributed by atoms with Crippen LogP contribution in [0.2, 0.25) is 0 Å². The molecule has 5 N–H and O–H groups in total. The van der Waals surface area contributed by atoms with E-state index in [1.165, 1.54) is 19.8 Å². The van der Waals surface area contributed by atoms with Crippen LogP contribution in [0, 0.1) is 11.8 Å². The summed E-state index contributed by atoms with van der Waals surface area (Å²) in [7, 11) is 3.21. The highest BCUT2D eigenvalue weighted by atomic mass is 32.1. The molecule has 52 heavy (non-hydrogen) atoms. The molecule has 2 fully saturated rings. The van der Waals surface area contributed by atoms with Gasteiger partial charge in [0.1, 0.15) is 11.8 Å². The first-order chi connectivity index (χ1) is 25.1. The number of methoxy groups -OCH3 is 1. The molecule has 3 atom stereocenters. The predicted molar refractivity (Wildman–Crippen MR) is 212 cm³/mol. The number of carbonyl (C=O) groups excluding carboxylic acids is 3. The lowest BCUT2D eigenvalue weighted by Crippen LogP contribution is -2.43. The number of nitrogens with zero attached hydrogens (tertiary/aromatic N) is 1. The quantitative estimate of drug-likeness (QED) is 0.0635. The van der Waals surface area contributed by atoms with Crippen LogP contribution in [0.4, 0.5) is 5.69 Å². The highest BCUT2D eigenvalue weighted by Crippen LogP contribution is 2.39. The molecule has 1 aliphatic heterocycles. The molecule has 0 spiro atoms. The number of rotatable bonds is 12. The zero-order chi connectivity index (χ0) is 37.5. The number of benzene rings is 3. The van der Waals surface area contributed by atoms with Crippen LogP contribution in [0.15, 0.2) is 101 Å². The van der Waals surface area contributed by atoms with Crippen molar-refractivity contribution in [2.45, 2.75) is 62.8 Å². The zero-order valence-corrected chi connectivity index (χ0v) is 31.2. The molecule has 2 heterocycles. The number of primary amides is 1. The number of likely N-dealkylation sites (tertiary alicyclic amines) is 1. The van der Waals surface area contributed by atoms with E-state index < -0.39 is 0 Å². The average molecular weight is 726 g/mol. The molecule has 3 amide bonds. The number of likely N-dealkylation sites (N-methyl/N-ethyl adjacent to an activating group) is 1. The number of thiol groups is 1. The van der Waals surface area contributed by atoms with E-state index in [2.05, 4.69) is 46.5 Å². The number of pyridine rings is 1. The Bertz CT molecular complexity index is 1880. The van der Waals surface area contributed by atoms with E-state index in [4.69, 9.17) is 10.5 Å². The lowest BCUT2D eigenvalue weighted by atomic mass is 10.1. The molecule has 2 aliphatic rings. The number of aromatic amines is 1. The van der Waals surface area contributed by atoms with E-state index in [0.29, 0.717) is 17.8 Å². The molecule has 1 aliphatic carbocycles. The number of hydrogen-bond acceptors (Lipinski definition) is 7. The van der Waals surface area contributed by atoms with E-state index in [0.717, 1.165) is 71.8 Å². The first kappa shape index (κ1) is 39.8. The Morgan fingerprint density at radius 2 is 1.77 bits per heavy atom. The summed E-state index contributed by atoms with van der Waals surface area (Å²) in [6.45, 7) is 3.20. The van der Waals surface area contributed by atoms with Crippen LogP contribution in [-0.2, 0) is 14.4 Å².